The van der Waals surface area contributed by atoms with Crippen LogP contribution in [0.5, 0.6) is 0 Å². The van der Waals surface area contributed by atoms with Crippen molar-refractivity contribution >= 4 is 5.69 Å². The van der Waals surface area contributed by atoms with Crippen molar-refractivity contribution < 1.29 is 4.74 Å². The van der Waals surface area contributed by atoms with Crippen LogP contribution in [-0.2, 0) is 4.74 Å². The van der Waals surface area contributed by atoms with E-state index in [4.69, 9.17) is 4.74 Å². The minimum Gasteiger partial charge on any atom is -0.380 e. The van der Waals surface area contributed by atoms with E-state index < -0.39 is 0 Å². The van der Waals surface area contributed by atoms with Crippen LogP contribution in [0.4, 0.5) is 5.69 Å². The molecule has 3 rings (SSSR count). The van der Waals surface area contributed by atoms with E-state index in [0.29, 0.717) is 0 Å². The van der Waals surface area contributed by atoms with Gasteiger partial charge in [-0.15, -0.1) is 0 Å². The Kier molecular flexibility index (Phi) is 3.28. The number of aromatic nitrogens is 2. The van der Waals surface area contributed by atoms with Gasteiger partial charge in [-0.1, -0.05) is 18.2 Å². The van der Waals surface area contributed by atoms with Crippen LogP contribution in [0.3, 0.4) is 0 Å². The van der Waals surface area contributed by atoms with Crippen molar-refractivity contribution in [3.05, 3.63) is 42.7 Å². The van der Waals surface area contributed by atoms with E-state index in [1.165, 1.54) is 5.69 Å². The zero-order valence-electron chi connectivity index (χ0n) is 10.3. The first kappa shape index (κ1) is 11.3. The second-order valence-corrected chi connectivity index (χ2v) is 4.43. The largest absolute Gasteiger partial charge is 0.380 e. The Morgan fingerprint density at radius 2 is 1.89 bits per heavy atom. The zero-order valence-corrected chi connectivity index (χ0v) is 10.3. The van der Waals surface area contributed by atoms with E-state index in [-0.39, 0.29) is 0 Å². The molecule has 94 valence electrons. The predicted octanol–water partition coefficient (Wildman–Crippen LogP) is 2.10. The van der Waals surface area contributed by atoms with Crippen molar-refractivity contribution in [3.8, 4) is 5.69 Å². The van der Waals surface area contributed by atoms with Crippen LogP contribution in [0.25, 0.3) is 5.69 Å². The van der Waals surface area contributed by atoms with Gasteiger partial charge in [0.25, 0.3) is 0 Å². The van der Waals surface area contributed by atoms with Crippen LogP contribution in [-0.4, -0.2) is 36.1 Å². The van der Waals surface area contributed by atoms with Gasteiger partial charge in [-0.2, -0.15) is 5.10 Å². The predicted molar refractivity (Wildman–Crippen MR) is 71.2 cm³/mol. The summed E-state index contributed by atoms with van der Waals surface area (Å²) in [6.07, 6.45) is 5.09. The van der Waals surface area contributed by atoms with Crippen LogP contribution >= 0.6 is 0 Å². The summed E-state index contributed by atoms with van der Waals surface area (Å²) in [5.41, 5.74) is 2.26. The molecule has 4 nitrogen and oxygen atoms in total. The third-order valence-electron chi connectivity index (χ3n) is 3.18. The number of ether oxygens (including phenoxy) is 1. The highest BCUT2D eigenvalue weighted by Crippen LogP contribution is 2.17. The Morgan fingerprint density at radius 1 is 1.00 bits per heavy atom. The van der Waals surface area contributed by atoms with Gasteiger partial charge in [0.2, 0.25) is 0 Å². The molecule has 0 radical (unpaired) electrons. The number of anilines is 1. The van der Waals surface area contributed by atoms with Gasteiger partial charge in [-0.25, -0.2) is 4.68 Å². The lowest BCUT2D eigenvalue weighted by Crippen LogP contribution is -2.25. The first-order valence-corrected chi connectivity index (χ1v) is 6.36. The van der Waals surface area contributed by atoms with E-state index in [0.717, 1.165) is 38.4 Å². The van der Waals surface area contributed by atoms with E-state index in [9.17, 15) is 0 Å². The maximum atomic E-state index is 5.47. The van der Waals surface area contributed by atoms with Gasteiger partial charge >= 0.3 is 0 Å². The molecule has 0 amide bonds. The van der Waals surface area contributed by atoms with Crippen LogP contribution < -0.4 is 4.90 Å². The third kappa shape index (κ3) is 2.38. The van der Waals surface area contributed by atoms with Crippen LogP contribution in [0.2, 0.25) is 0 Å². The second kappa shape index (κ2) is 5.23. The summed E-state index contributed by atoms with van der Waals surface area (Å²) in [6.45, 7) is 3.65. The summed E-state index contributed by atoms with van der Waals surface area (Å²) in [7, 11) is 0. The van der Waals surface area contributed by atoms with Gasteiger partial charge in [0.1, 0.15) is 0 Å². The number of benzene rings is 1. The molecule has 0 aliphatic carbocycles. The molecule has 1 aromatic carbocycles. The Morgan fingerprint density at radius 3 is 2.78 bits per heavy atom. The molecule has 0 atom stereocenters. The molecular weight excluding hydrogens is 226 g/mol. The lowest BCUT2D eigenvalue weighted by molar-refractivity contribution is 0.152. The molecule has 0 N–H and O–H groups in total. The molecular formula is C14H17N3O. The summed E-state index contributed by atoms with van der Waals surface area (Å²) in [5, 5.41) is 4.43. The van der Waals surface area contributed by atoms with Crippen molar-refractivity contribution in [2.24, 2.45) is 0 Å². The van der Waals surface area contributed by atoms with Gasteiger partial charge in [0.15, 0.2) is 0 Å². The van der Waals surface area contributed by atoms with Crippen LogP contribution in [0.15, 0.2) is 42.7 Å². The number of rotatable bonds is 2. The Balaban J connectivity index is 1.80. The molecule has 2 aromatic rings. The van der Waals surface area contributed by atoms with E-state index in [1.807, 2.05) is 29.1 Å². The average molecular weight is 243 g/mol. The fourth-order valence-corrected chi connectivity index (χ4v) is 2.20. The molecule has 0 bridgehead atoms. The summed E-state index contributed by atoms with van der Waals surface area (Å²) < 4.78 is 7.39. The Hall–Kier alpha value is -1.81. The minimum atomic E-state index is 0.802. The minimum absolute atomic E-state index is 0.802. The van der Waals surface area contributed by atoms with Crippen molar-refractivity contribution in [1.29, 1.82) is 0 Å². The number of hydrogen-bond donors (Lipinski definition) is 0. The first-order valence-electron chi connectivity index (χ1n) is 6.36. The molecule has 1 aliphatic heterocycles. The van der Waals surface area contributed by atoms with Crippen LogP contribution in [0.1, 0.15) is 6.42 Å². The van der Waals surface area contributed by atoms with Gasteiger partial charge in [0, 0.05) is 19.7 Å². The smallest absolute Gasteiger partial charge is 0.0758 e. The highest BCUT2D eigenvalue weighted by atomic mass is 16.5. The van der Waals surface area contributed by atoms with E-state index in [1.54, 1.807) is 0 Å². The highest BCUT2D eigenvalue weighted by molar-refractivity contribution is 5.45. The van der Waals surface area contributed by atoms with E-state index in [2.05, 4.69) is 28.3 Å². The molecule has 1 aromatic heterocycles. The number of nitrogens with zero attached hydrogens (tertiary/aromatic N) is 3. The van der Waals surface area contributed by atoms with Gasteiger partial charge in [-0.3, -0.25) is 0 Å². The normalized spacial score (nSPS) is 16.6. The first-order chi connectivity index (χ1) is 8.93. The second-order valence-electron chi connectivity index (χ2n) is 4.43. The fraction of sp³-hybridized carbons (Fsp3) is 0.357. The SMILES string of the molecule is c1ccc(-n2cc(N3CCCOCC3)cn2)cc1. The van der Waals surface area contributed by atoms with Crippen LogP contribution in [0, 0.1) is 0 Å². The third-order valence-corrected chi connectivity index (χ3v) is 3.18. The molecule has 1 aliphatic rings. The van der Waals surface area contributed by atoms with E-state index >= 15 is 0 Å². The fourth-order valence-electron chi connectivity index (χ4n) is 2.20. The summed E-state index contributed by atoms with van der Waals surface area (Å²) in [4.78, 5) is 2.33. The number of hydrogen-bond acceptors (Lipinski definition) is 3. The molecule has 18 heavy (non-hydrogen) atoms. The summed E-state index contributed by atoms with van der Waals surface area (Å²) in [5.74, 6) is 0. The zero-order chi connectivity index (χ0) is 12.2. The summed E-state index contributed by atoms with van der Waals surface area (Å²) in [6, 6.07) is 10.2. The number of para-hydroxylation sites is 1. The maximum absolute atomic E-state index is 5.47. The Labute approximate surface area is 107 Å². The molecule has 1 fully saturated rings. The van der Waals surface area contributed by atoms with Crippen molar-refractivity contribution in [2.45, 2.75) is 6.42 Å². The molecule has 4 heteroatoms. The van der Waals surface area contributed by atoms with Crippen molar-refractivity contribution in [2.75, 3.05) is 31.2 Å². The van der Waals surface area contributed by atoms with Crippen molar-refractivity contribution in [1.82, 2.24) is 9.78 Å². The quantitative estimate of drug-likeness (QED) is 0.809. The molecule has 0 unspecified atom stereocenters. The molecule has 2 heterocycles. The lowest BCUT2D eigenvalue weighted by Gasteiger charge is -2.19. The molecule has 1 saturated heterocycles. The monoisotopic (exact) mass is 243 g/mol. The molecule has 0 spiro atoms. The van der Waals surface area contributed by atoms with Gasteiger partial charge < -0.3 is 9.64 Å². The topological polar surface area (TPSA) is 30.3 Å². The summed E-state index contributed by atoms with van der Waals surface area (Å²) >= 11 is 0. The Bertz CT molecular complexity index is 487. The van der Waals surface area contributed by atoms with Crippen molar-refractivity contribution in [3.63, 3.8) is 0 Å². The van der Waals surface area contributed by atoms with Gasteiger partial charge in [-0.05, 0) is 18.6 Å². The maximum Gasteiger partial charge on any atom is 0.0758 e. The standard InChI is InChI=1S/C14H17N3O/c1-2-5-13(6-3-1)17-12-14(11-15-17)16-7-4-9-18-10-8-16/h1-3,5-6,11-12H,4,7-10H2. The lowest BCUT2D eigenvalue weighted by atomic mass is 10.3. The van der Waals surface area contributed by atoms with Gasteiger partial charge in [0.05, 0.1) is 30.4 Å². The highest BCUT2D eigenvalue weighted by Gasteiger charge is 2.12. The average Bonchev–Trinajstić information content (AvgIpc) is 2.76. The molecule has 0 saturated carbocycles.